The summed E-state index contributed by atoms with van der Waals surface area (Å²) >= 11 is 1.92. The Hall–Kier alpha value is -1.62. The van der Waals surface area contributed by atoms with E-state index in [1.807, 2.05) is 24.3 Å². The first-order valence-corrected chi connectivity index (χ1v) is 7.30. The van der Waals surface area contributed by atoms with Crippen LogP contribution in [-0.2, 0) is 19.4 Å². The average molecular weight is 275 g/mol. The lowest BCUT2D eigenvalue weighted by atomic mass is 10.2. The molecule has 0 fully saturated rings. The molecule has 100 valence electrons. The SMILES string of the molecule is COc1cc(NCc2cc3c(s2)CCC3)nc(C)n1. The molecule has 0 saturated carbocycles. The van der Waals surface area contributed by atoms with Crippen LogP contribution in [0.5, 0.6) is 5.88 Å². The van der Waals surface area contributed by atoms with Gasteiger partial charge < -0.3 is 10.1 Å². The van der Waals surface area contributed by atoms with Crippen molar-refractivity contribution in [3.8, 4) is 5.88 Å². The molecule has 3 rings (SSSR count). The van der Waals surface area contributed by atoms with Crippen LogP contribution < -0.4 is 10.1 Å². The molecular formula is C14H17N3OS. The Morgan fingerprint density at radius 3 is 3.00 bits per heavy atom. The van der Waals surface area contributed by atoms with Crippen molar-refractivity contribution in [3.05, 3.63) is 33.3 Å². The molecule has 2 aromatic rings. The van der Waals surface area contributed by atoms with Gasteiger partial charge in [0.25, 0.3) is 0 Å². The Morgan fingerprint density at radius 2 is 2.21 bits per heavy atom. The van der Waals surface area contributed by atoms with Gasteiger partial charge >= 0.3 is 0 Å². The number of thiophene rings is 1. The van der Waals surface area contributed by atoms with E-state index >= 15 is 0 Å². The van der Waals surface area contributed by atoms with Gasteiger partial charge in [0.2, 0.25) is 5.88 Å². The molecule has 0 aliphatic heterocycles. The number of fused-ring (bicyclic) bond motifs is 1. The third kappa shape index (κ3) is 2.71. The highest BCUT2D eigenvalue weighted by molar-refractivity contribution is 7.12. The zero-order chi connectivity index (χ0) is 13.2. The molecule has 1 aliphatic rings. The van der Waals surface area contributed by atoms with Gasteiger partial charge in [0.05, 0.1) is 13.7 Å². The summed E-state index contributed by atoms with van der Waals surface area (Å²) in [6.45, 7) is 2.69. The summed E-state index contributed by atoms with van der Waals surface area (Å²) in [7, 11) is 1.62. The molecule has 0 atom stereocenters. The van der Waals surface area contributed by atoms with Gasteiger partial charge in [0.15, 0.2) is 0 Å². The van der Waals surface area contributed by atoms with Gasteiger partial charge in [0, 0.05) is 15.8 Å². The first-order valence-electron chi connectivity index (χ1n) is 6.48. The Balaban J connectivity index is 1.69. The third-order valence-corrected chi connectivity index (χ3v) is 4.50. The van der Waals surface area contributed by atoms with Crippen molar-refractivity contribution in [1.29, 1.82) is 0 Å². The Labute approximate surface area is 116 Å². The molecule has 1 aliphatic carbocycles. The van der Waals surface area contributed by atoms with E-state index in [0.717, 1.165) is 18.2 Å². The standard InChI is InChI=1S/C14H17N3OS/c1-9-16-13(7-14(17-9)18-2)15-8-11-6-10-4-3-5-12(10)19-11/h6-7H,3-5,8H2,1-2H3,(H,15,16,17). The van der Waals surface area contributed by atoms with Crippen molar-refractivity contribution < 1.29 is 4.74 Å². The van der Waals surface area contributed by atoms with Gasteiger partial charge in [-0.3, -0.25) is 0 Å². The van der Waals surface area contributed by atoms with Gasteiger partial charge in [0.1, 0.15) is 11.6 Å². The van der Waals surface area contributed by atoms with E-state index in [4.69, 9.17) is 4.74 Å². The molecule has 2 aromatic heterocycles. The van der Waals surface area contributed by atoms with Gasteiger partial charge in [-0.1, -0.05) is 0 Å². The van der Waals surface area contributed by atoms with Crippen LogP contribution in [0, 0.1) is 6.92 Å². The fourth-order valence-electron chi connectivity index (χ4n) is 2.39. The Morgan fingerprint density at radius 1 is 1.32 bits per heavy atom. The monoisotopic (exact) mass is 275 g/mol. The Kier molecular flexibility index (Phi) is 3.38. The predicted octanol–water partition coefficient (Wildman–Crippen LogP) is 2.96. The third-order valence-electron chi connectivity index (χ3n) is 3.26. The number of aromatic nitrogens is 2. The molecule has 0 saturated heterocycles. The molecule has 0 radical (unpaired) electrons. The Bertz CT molecular complexity index is 573. The number of hydrogen-bond donors (Lipinski definition) is 1. The minimum absolute atomic E-state index is 0.601. The molecule has 0 unspecified atom stereocenters. The van der Waals surface area contributed by atoms with E-state index in [9.17, 15) is 0 Å². The van der Waals surface area contributed by atoms with E-state index in [2.05, 4.69) is 21.4 Å². The van der Waals surface area contributed by atoms with Crippen molar-refractivity contribution in [1.82, 2.24) is 9.97 Å². The molecule has 2 heterocycles. The van der Waals surface area contributed by atoms with E-state index in [-0.39, 0.29) is 0 Å². The van der Waals surface area contributed by atoms with Crippen molar-refractivity contribution in [2.24, 2.45) is 0 Å². The highest BCUT2D eigenvalue weighted by Crippen LogP contribution is 2.30. The molecule has 5 heteroatoms. The summed E-state index contributed by atoms with van der Waals surface area (Å²) in [5, 5.41) is 3.34. The molecule has 19 heavy (non-hydrogen) atoms. The largest absolute Gasteiger partial charge is 0.481 e. The minimum Gasteiger partial charge on any atom is -0.481 e. The van der Waals surface area contributed by atoms with Crippen molar-refractivity contribution in [3.63, 3.8) is 0 Å². The number of anilines is 1. The minimum atomic E-state index is 0.601. The van der Waals surface area contributed by atoms with Crippen LogP contribution >= 0.6 is 11.3 Å². The van der Waals surface area contributed by atoms with Crippen LogP contribution in [-0.4, -0.2) is 17.1 Å². The molecule has 0 bridgehead atoms. The number of nitrogens with zero attached hydrogens (tertiary/aromatic N) is 2. The molecule has 0 amide bonds. The lowest BCUT2D eigenvalue weighted by Crippen LogP contribution is -2.03. The zero-order valence-electron chi connectivity index (χ0n) is 11.2. The van der Waals surface area contributed by atoms with Crippen LogP contribution in [0.1, 0.15) is 27.6 Å². The van der Waals surface area contributed by atoms with Crippen LogP contribution in [0.25, 0.3) is 0 Å². The quantitative estimate of drug-likeness (QED) is 0.932. The van der Waals surface area contributed by atoms with Gasteiger partial charge in [-0.25, -0.2) is 4.98 Å². The van der Waals surface area contributed by atoms with Gasteiger partial charge in [-0.15, -0.1) is 11.3 Å². The predicted molar refractivity (Wildman–Crippen MR) is 77.0 cm³/mol. The van der Waals surface area contributed by atoms with Crippen LogP contribution in [0.2, 0.25) is 0 Å². The summed E-state index contributed by atoms with van der Waals surface area (Å²) < 4.78 is 5.15. The second kappa shape index (κ2) is 5.17. The normalized spacial score (nSPS) is 13.4. The smallest absolute Gasteiger partial charge is 0.218 e. The highest BCUT2D eigenvalue weighted by atomic mass is 32.1. The molecule has 0 spiro atoms. The second-order valence-electron chi connectivity index (χ2n) is 4.71. The van der Waals surface area contributed by atoms with Crippen LogP contribution in [0.4, 0.5) is 5.82 Å². The zero-order valence-corrected chi connectivity index (χ0v) is 12.0. The number of aryl methyl sites for hydroxylation is 3. The summed E-state index contributed by atoms with van der Waals surface area (Å²) in [5.74, 6) is 2.14. The molecule has 0 aromatic carbocycles. The summed E-state index contributed by atoms with van der Waals surface area (Å²) in [5.41, 5.74) is 1.54. The average Bonchev–Trinajstić information content (AvgIpc) is 2.96. The maximum atomic E-state index is 5.15. The maximum Gasteiger partial charge on any atom is 0.218 e. The lowest BCUT2D eigenvalue weighted by Gasteiger charge is -2.06. The lowest BCUT2D eigenvalue weighted by molar-refractivity contribution is 0.396. The fourth-order valence-corrected chi connectivity index (χ4v) is 3.59. The van der Waals surface area contributed by atoms with Crippen LogP contribution in [0.15, 0.2) is 12.1 Å². The van der Waals surface area contributed by atoms with Crippen molar-refractivity contribution in [2.45, 2.75) is 32.7 Å². The first-order chi connectivity index (χ1) is 9.24. The van der Waals surface area contributed by atoms with Gasteiger partial charge in [-0.05, 0) is 37.8 Å². The molecular weight excluding hydrogens is 258 g/mol. The first kappa shape index (κ1) is 12.4. The van der Waals surface area contributed by atoms with Crippen molar-refractivity contribution in [2.75, 3.05) is 12.4 Å². The van der Waals surface area contributed by atoms with E-state index in [0.29, 0.717) is 5.88 Å². The summed E-state index contributed by atoms with van der Waals surface area (Å²) in [6.07, 6.45) is 3.81. The summed E-state index contributed by atoms with van der Waals surface area (Å²) in [6, 6.07) is 4.15. The number of ether oxygens (including phenoxy) is 1. The number of rotatable bonds is 4. The van der Waals surface area contributed by atoms with E-state index < -0.39 is 0 Å². The fraction of sp³-hybridized carbons (Fsp3) is 0.429. The maximum absolute atomic E-state index is 5.15. The topological polar surface area (TPSA) is 47.0 Å². The van der Waals surface area contributed by atoms with Crippen molar-refractivity contribution >= 4 is 17.2 Å². The highest BCUT2D eigenvalue weighted by Gasteiger charge is 2.14. The number of nitrogens with one attached hydrogen (secondary N) is 1. The molecule has 4 nitrogen and oxygen atoms in total. The van der Waals surface area contributed by atoms with E-state index in [1.54, 1.807) is 17.6 Å². The second-order valence-corrected chi connectivity index (χ2v) is 5.93. The van der Waals surface area contributed by atoms with Gasteiger partial charge in [-0.2, -0.15) is 4.98 Å². The number of hydrogen-bond acceptors (Lipinski definition) is 5. The summed E-state index contributed by atoms with van der Waals surface area (Å²) in [4.78, 5) is 11.5. The molecule has 1 N–H and O–H groups in total. The number of methoxy groups -OCH3 is 1. The van der Waals surface area contributed by atoms with E-state index in [1.165, 1.54) is 24.1 Å². The van der Waals surface area contributed by atoms with Crippen LogP contribution in [0.3, 0.4) is 0 Å².